The topological polar surface area (TPSA) is 210 Å². The zero-order chi connectivity index (χ0) is 51.7. The maximum Gasteiger partial charge on any atom is 0.272 e. The summed E-state index contributed by atoms with van der Waals surface area (Å²) in [6.45, 7) is 1.65. The van der Waals surface area contributed by atoms with E-state index < -0.39 is 29.5 Å². The average molecular weight is 1020 g/mol. The number of aromatic nitrogens is 4. The minimum atomic E-state index is -0.958. The van der Waals surface area contributed by atoms with E-state index in [1.54, 1.807) is 52.3 Å². The van der Waals surface area contributed by atoms with E-state index in [2.05, 4.69) is 42.0 Å². The number of carbonyl (C=O) groups is 4. The molecule has 0 aliphatic carbocycles. The Kier molecular flexibility index (Phi) is 19.0. The van der Waals surface area contributed by atoms with Crippen LogP contribution in [0, 0.1) is 24.0 Å². The van der Waals surface area contributed by atoms with Crippen LogP contribution in [0.25, 0.3) is 21.7 Å². The lowest BCUT2D eigenvalue weighted by Crippen LogP contribution is -2.50. The molecule has 4 amide bonds. The van der Waals surface area contributed by atoms with Crippen LogP contribution < -0.4 is 31.0 Å². The number of unbranched alkanes of at least 4 members (excludes halogenated alkanes) is 4. The SMILES string of the molecule is C#CCOCC(NC(=O)CCCCCOc1cc2c(Nc3ccc(F)c(Cl)c3)ncnc2cc1OC)C(=O)NCCCCCC(=O)N1CCN(C(=O)c2cc(Cc3n[nH]c(=O)c4ccccc34)ccc2F)CC1. The molecule has 7 rings (SSSR count). The van der Waals surface area contributed by atoms with Crippen molar-refractivity contribution < 1.29 is 42.2 Å². The summed E-state index contributed by atoms with van der Waals surface area (Å²) in [5.41, 5.74) is 2.01. The first kappa shape index (κ1) is 53.1. The van der Waals surface area contributed by atoms with Crippen LogP contribution in [0.1, 0.15) is 73.0 Å². The van der Waals surface area contributed by atoms with Gasteiger partial charge in [-0.2, -0.15) is 5.10 Å². The maximum absolute atomic E-state index is 15.0. The average Bonchev–Trinajstić information content (AvgIpc) is 3.40. The highest BCUT2D eigenvalue weighted by Crippen LogP contribution is 2.35. The largest absolute Gasteiger partial charge is 0.493 e. The minimum Gasteiger partial charge on any atom is -0.493 e. The van der Waals surface area contributed by atoms with Crippen LogP contribution in [0.5, 0.6) is 11.5 Å². The van der Waals surface area contributed by atoms with Gasteiger partial charge in [-0.3, -0.25) is 24.0 Å². The number of hydrogen-bond acceptors (Lipinski definition) is 12. The summed E-state index contributed by atoms with van der Waals surface area (Å²) in [6.07, 6.45) is 11.1. The number of amides is 4. The summed E-state index contributed by atoms with van der Waals surface area (Å²) in [5.74, 6) is 1.33. The molecule has 4 aromatic carbocycles. The van der Waals surface area contributed by atoms with Crippen molar-refractivity contribution in [3.63, 3.8) is 0 Å². The fourth-order valence-corrected chi connectivity index (χ4v) is 8.50. The van der Waals surface area contributed by atoms with Gasteiger partial charge in [0.25, 0.3) is 11.5 Å². The van der Waals surface area contributed by atoms with Crippen LogP contribution >= 0.6 is 11.6 Å². The van der Waals surface area contributed by atoms with Crippen LogP contribution in [0.4, 0.5) is 20.3 Å². The minimum absolute atomic E-state index is 0.0296. The third-order valence-corrected chi connectivity index (χ3v) is 12.5. The quantitative estimate of drug-likeness (QED) is 0.0362. The molecule has 73 heavy (non-hydrogen) atoms. The van der Waals surface area contributed by atoms with Crippen LogP contribution in [0.15, 0.2) is 83.9 Å². The van der Waals surface area contributed by atoms with E-state index in [1.165, 1.54) is 37.7 Å². The molecule has 6 aromatic rings. The van der Waals surface area contributed by atoms with E-state index >= 15 is 4.39 Å². The number of terminal acetylenes is 1. The monoisotopic (exact) mass is 1020 g/mol. The number of nitrogens with one attached hydrogen (secondary N) is 4. The van der Waals surface area contributed by atoms with Gasteiger partial charge >= 0.3 is 0 Å². The summed E-state index contributed by atoms with van der Waals surface area (Å²) in [4.78, 5) is 76.8. The van der Waals surface area contributed by atoms with Crippen molar-refractivity contribution in [2.45, 2.75) is 63.8 Å². The number of rotatable bonds is 24. The molecule has 17 nitrogen and oxygen atoms in total. The molecule has 4 N–H and O–H groups in total. The fraction of sp³-hybridized carbons (Fsp3) is 0.358. The molecule has 0 spiro atoms. The summed E-state index contributed by atoms with van der Waals surface area (Å²) in [7, 11) is 1.52. The van der Waals surface area contributed by atoms with Crippen molar-refractivity contribution in [2.75, 3.05) is 65.0 Å². The Morgan fingerprint density at radius 2 is 1.60 bits per heavy atom. The van der Waals surface area contributed by atoms with Crippen molar-refractivity contribution in [2.24, 2.45) is 0 Å². The lowest BCUT2D eigenvalue weighted by molar-refractivity contribution is -0.132. The smallest absolute Gasteiger partial charge is 0.272 e. The summed E-state index contributed by atoms with van der Waals surface area (Å²) in [5, 5.41) is 17.2. The predicted molar refractivity (Wildman–Crippen MR) is 272 cm³/mol. The second-order valence-corrected chi connectivity index (χ2v) is 17.7. The summed E-state index contributed by atoms with van der Waals surface area (Å²) >= 11 is 5.97. The van der Waals surface area contributed by atoms with Gasteiger partial charge in [0.1, 0.15) is 36.4 Å². The van der Waals surface area contributed by atoms with Crippen molar-refractivity contribution in [3.8, 4) is 23.8 Å². The van der Waals surface area contributed by atoms with Gasteiger partial charge in [0.15, 0.2) is 11.5 Å². The third kappa shape index (κ3) is 14.5. The molecule has 20 heteroatoms. The van der Waals surface area contributed by atoms with Gasteiger partial charge in [-0.15, -0.1) is 6.42 Å². The maximum atomic E-state index is 15.0. The molecule has 0 saturated carbocycles. The van der Waals surface area contributed by atoms with Crippen molar-refractivity contribution in [1.82, 2.24) is 40.6 Å². The number of hydrogen-bond donors (Lipinski definition) is 4. The third-order valence-electron chi connectivity index (χ3n) is 12.2. The Bertz CT molecular complexity index is 3040. The van der Waals surface area contributed by atoms with Crippen LogP contribution in [-0.2, 0) is 25.5 Å². The first-order valence-corrected chi connectivity index (χ1v) is 24.4. The van der Waals surface area contributed by atoms with E-state index in [0.717, 1.165) is 0 Å². The van der Waals surface area contributed by atoms with Gasteiger partial charge in [-0.25, -0.2) is 23.8 Å². The predicted octanol–water partition coefficient (Wildman–Crippen LogP) is 6.88. The lowest BCUT2D eigenvalue weighted by Gasteiger charge is -2.35. The van der Waals surface area contributed by atoms with E-state index in [9.17, 15) is 28.4 Å². The fourth-order valence-electron chi connectivity index (χ4n) is 8.32. The van der Waals surface area contributed by atoms with Crippen LogP contribution in [0.3, 0.4) is 0 Å². The second kappa shape index (κ2) is 26.1. The number of H-pyrrole nitrogens is 1. The molecule has 1 unspecified atom stereocenters. The lowest BCUT2D eigenvalue weighted by atomic mass is 10.0. The van der Waals surface area contributed by atoms with E-state index in [4.69, 9.17) is 32.2 Å². The number of methoxy groups -OCH3 is 1. The molecular weight excluding hydrogens is 964 g/mol. The Morgan fingerprint density at radius 3 is 2.38 bits per heavy atom. The molecule has 1 saturated heterocycles. The molecule has 1 aliphatic rings. The van der Waals surface area contributed by atoms with Gasteiger partial charge < -0.3 is 40.0 Å². The van der Waals surface area contributed by atoms with Gasteiger partial charge in [-0.1, -0.05) is 48.2 Å². The van der Waals surface area contributed by atoms with E-state index in [-0.39, 0.29) is 67.1 Å². The Morgan fingerprint density at radius 1 is 0.849 bits per heavy atom. The molecule has 2 aromatic heterocycles. The van der Waals surface area contributed by atoms with Crippen molar-refractivity contribution in [1.29, 1.82) is 0 Å². The highest BCUT2D eigenvalue weighted by atomic mass is 35.5. The molecular formula is C53H56ClF2N9O8. The number of fused-ring (bicyclic) bond motifs is 2. The number of benzene rings is 4. The number of nitrogens with zero attached hydrogens (tertiary/aromatic N) is 5. The molecule has 0 radical (unpaired) electrons. The van der Waals surface area contributed by atoms with Crippen LogP contribution in [-0.4, -0.2) is 119 Å². The molecule has 0 bridgehead atoms. The van der Waals surface area contributed by atoms with Gasteiger partial charge in [0, 0.05) is 74.5 Å². The molecule has 382 valence electrons. The summed E-state index contributed by atoms with van der Waals surface area (Å²) < 4.78 is 45.8. The van der Waals surface area contributed by atoms with Crippen LogP contribution in [0.2, 0.25) is 5.02 Å². The Balaban J connectivity index is 0.783. The number of halogens is 3. The molecule has 1 fully saturated rings. The van der Waals surface area contributed by atoms with Gasteiger partial charge in [-0.05, 0) is 80.1 Å². The number of piperazine rings is 1. The Labute approximate surface area is 425 Å². The van der Waals surface area contributed by atoms with Gasteiger partial charge in [0.2, 0.25) is 17.7 Å². The van der Waals surface area contributed by atoms with Gasteiger partial charge in [0.05, 0.1) is 47.5 Å². The number of aromatic amines is 1. The standard InChI is InChI=1S/C53H56ClF2N9O8/c1-3-25-72-32-45(61-48(66)14-6-5-11-26-73-47-30-39-43(31-46(47)71-2)58-33-59-50(39)60-35-17-19-42(56)40(54)29-35)52(69)57-20-10-4-7-15-49(67)64-21-23-65(24-22-64)53(70)38-27-34(16-18-41(38)55)28-44-36-12-8-9-13-37(36)51(68)63-62-44/h1,8-9,12-13,16-19,27,29-31,33,45H,4-7,10-11,14-15,20-26,28,32H2,2H3,(H,57,69)(H,61,66)(H,63,68)(H,58,59,60). The molecule has 3 heterocycles. The zero-order valence-corrected chi connectivity index (χ0v) is 41.1. The molecule has 1 atom stereocenters. The molecule has 1 aliphatic heterocycles. The highest BCUT2D eigenvalue weighted by molar-refractivity contribution is 6.31. The Hall–Kier alpha value is -7.69. The highest BCUT2D eigenvalue weighted by Gasteiger charge is 2.27. The van der Waals surface area contributed by atoms with E-state index in [1.807, 2.05) is 6.07 Å². The first-order chi connectivity index (χ1) is 35.4. The second-order valence-electron chi connectivity index (χ2n) is 17.3. The zero-order valence-electron chi connectivity index (χ0n) is 40.3. The van der Waals surface area contributed by atoms with E-state index in [0.29, 0.717) is 127 Å². The number of anilines is 2. The van der Waals surface area contributed by atoms with Crippen molar-refractivity contribution in [3.05, 3.63) is 123 Å². The normalized spacial score (nSPS) is 12.8. The number of ether oxygens (including phenoxy) is 3. The van der Waals surface area contributed by atoms with Crippen molar-refractivity contribution >= 4 is 68.4 Å². The first-order valence-electron chi connectivity index (χ1n) is 24.0. The summed E-state index contributed by atoms with van der Waals surface area (Å²) in [6, 6.07) is 18.2. The number of carbonyl (C=O) groups excluding carboxylic acids is 4.